The molecule has 6 nitrogen and oxygen atoms in total. The average Bonchev–Trinajstić information content (AvgIpc) is 2.47. The fraction of sp³-hybridized carbons (Fsp3) is 0.538. The van der Waals surface area contributed by atoms with Gasteiger partial charge in [-0.25, -0.2) is 9.78 Å². The standard InChI is InChI=1S/C13H19N3O3/c1-19-13(18)10-6-12(15-7-11(10)14)16-4-2-9(8-17)3-5-16/h6-7,9,17H,2-5,8,14H2,1H3. The van der Waals surface area contributed by atoms with E-state index in [-0.39, 0.29) is 6.61 Å². The van der Waals surface area contributed by atoms with Gasteiger partial charge in [0.15, 0.2) is 0 Å². The third-order valence-electron chi connectivity index (χ3n) is 3.52. The van der Waals surface area contributed by atoms with Gasteiger partial charge in [0.1, 0.15) is 5.82 Å². The number of piperidine rings is 1. The quantitative estimate of drug-likeness (QED) is 0.780. The molecule has 0 atom stereocenters. The van der Waals surface area contributed by atoms with Crippen molar-refractivity contribution in [3.63, 3.8) is 0 Å². The number of carbonyl (C=O) groups excluding carboxylic acids is 1. The van der Waals surface area contributed by atoms with Gasteiger partial charge in [-0.05, 0) is 24.8 Å². The topological polar surface area (TPSA) is 88.7 Å². The maximum absolute atomic E-state index is 11.6. The molecule has 0 aromatic carbocycles. The summed E-state index contributed by atoms with van der Waals surface area (Å²) in [6.45, 7) is 1.88. The maximum atomic E-state index is 11.6. The molecule has 0 aliphatic carbocycles. The fourth-order valence-electron chi connectivity index (χ4n) is 2.26. The molecule has 0 spiro atoms. The second-order valence-electron chi connectivity index (χ2n) is 4.73. The van der Waals surface area contributed by atoms with E-state index in [9.17, 15) is 4.79 Å². The number of nitrogen functional groups attached to an aromatic ring is 1. The molecule has 1 aliphatic heterocycles. The number of methoxy groups -OCH3 is 1. The number of hydrogen-bond donors (Lipinski definition) is 2. The second-order valence-corrected chi connectivity index (χ2v) is 4.73. The van der Waals surface area contributed by atoms with Crippen LogP contribution >= 0.6 is 0 Å². The van der Waals surface area contributed by atoms with Crippen molar-refractivity contribution in [3.05, 3.63) is 17.8 Å². The van der Waals surface area contributed by atoms with E-state index in [1.165, 1.54) is 13.3 Å². The third-order valence-corrected chi connectivity index (χ3v) is 3.52. The van der Waals surface area contributed by atoms with E-state index >= 15 is 0 Å². The lowest BCUT2D eigenvalue weighted by Gasteiger charge is -2.32. The predicted molar refractivity (Wildman–Crippen MR) is 72.0 cm³/mol. The smallest absolute Gasteiger partial charge is 0.340 e. The predicted octanol–water partition coefficient (Wildman–Crippen LogP) is 0.659. The first-order valence-corrected chi connectivity index (χ1v) is 6.35. The molecule has 104 valence electrons. The van der Waals surface area contributed by atoms with Crippen LogP contribution in [0.1, 0.15) is 23.2 Å². The third kappa shape index (κ3) is 2.96. The van der Waals surface area contributed by atoms with Crippen LogP contribution in [-0.2, 0) is 4.74 Å². The first kappa shape index (κ1) is 13.6. The molecule has 19 heavy (non-hydrogen) atoms. The number of aliphatic hydroxyl groups is 1. The molecule has 2 heterocycles. The van der Waals surface area contributed by atoms with Crippen molar-refractivity contribution < 1.29 is 14.6 Å². The second kappa shape index (κ2) is 5.88. The molecule has 0 radical (unpaired) electrons. The molecule has 6 heteroatoms. The van der Waals surface area contributed by atoms with Crippen molar-refractivity contribution in [3.8, 4) is 0 Å². The number of ether oxygens (including phenoxy) is 1. The van der Waals surface area contributed by atoms with Crippen molar-refractivity contribution >= 4 is 17.5 Å². The number of anilines is 2. The summed E-state index contributed by atoms with van der Waals surface area (Å²) in [6.07, 6.45) is 3.34. The van der Waals surface area contributed by atoms with Crippen LogP contribution in [0.25, 0.3) is 0 Å². The van der Waals surface area contributed by atoms with Crippen LogP contribution in [0.15, 0.2) is 12.3 Å². The van der Waals surface area contributed by atoms with Crippen molar-refractivity contribution in [1.29, 1.82) is 0 Å². The summed E-state index contributed by atoms with van der Waals surface area (Å²) in [7, 11) is 1.33. The molecule has 1 fully saturated rings. The van der Waals surface area contributed by atoms with Crippen LogP contribution in [0.3, 0.4) is 0 Å². The Kier molecular flexibility index (Phi) is 4.21. The van der Waals surface area contributed by atoms with E-state index in [0.29, 0.717) is 17.2 Å². The molecule has 2 rings (SSSR count). The summed E-state index contributed by atoms with van der Waals surface area (Å²) in [5, 5.41) is 9.12. The molecule has 1 aliphatic rings. The molecule has 1 aromatic heterocycles. The Labute approximate surface area is 112 Å². The highest BCUT2D eigenvalue weighted by Crippen LogP contribution is 2.24. The Hall–Kier alpha value is -1.82. The van der Waals surface area contributed by atoms with Crippen LogP contribution in [0, 0.1) is 5.92 Å². The summed E-state index contributed by atoms with van der Waals surface area (Å²) in [6, 6.07) is 1.67. The van der Waals surface area contributed by atoms with Gasteiger partial charge in [0.2, 0.25) is 0 Å². The van der Waals surface area contributed by atoms with Crippen molar-refractivity contribution in [2.45, 2.75) is 12.8 Å². The lowest BCUT2D eigenvalue weighted by molar-refractivity contribution is 0.0602. The monoisotopic (exact) mass is 265 g/mol. The SMILES string of the molecule is COC(=O)c1cc(N2CCC(CO)CC2)ncc1N. The number of hydrogen-bond acceptors (Lipinski definition) is 6. The molecular weight excluding hydrogens is 246 g/mol. The van der Waals surface area contributed by atoms with Crippen molar-refractivity contribution in [2.24, 2.45) is 5.92 Å². The number of rotatable bonds is 3. The Morgan fingerprint density at radius 1 is 1.58 bits per heavy atom. The summed E-state index contributed by atoms with van der Waals surface area (Å²) in [5.74, 6) is 0.641. The minimum Gasteiger partial charge on any atom is -0.465 e. The zero-order chi connectivity index (χ0) is 13.8. The van der Waals surface area contributed by atoms with Gasteiger partial charge in [-0.1, -0.05) is 0 Å². The zero-order valence-electron chi connectivity index (χ0n) is 11.0. The Balaban J connectivity index is 2.15. The van der Waals surface area contributed by atoms with E-state index in [0.717, 1.165) is 31.7 Å². The number of aromatic nitrogens is 1. The van der Waals surface area contributed by atoms with Gasteiger partial charge in [-0.2, -0.15) is 0 Å². The van der Waals surface area contributed by atoms with E-state index in [1.807, 2.05) is 0 Å². The van der Waals surface area contributed by atoms with E-state index in [4.69, 9.17) is 15.6 Å². The van der Waals surface area contributed by atoms with Gasteiger partial charge >= 0.3 is 5.97 Å². The molecule has 0 unspecified atom stereocenters. The summed E-state index contributed by atoms with van der Waals surface area (Å²) in [4.78, 5) is 17.9. The first-order chi connectivity index (χ1) is 9.15. The Bertz CT molecular complexity index is 456. The molecular formula is C13H19N3O3. The van der Waals surface area contributed by atoms with Gasteiger partial charge in [0.05, 0.1) is 24.6 Å². The van der Waals surface area contributed by atoms with Crippen LogP contribution in [0.2, 0.25) is 0 Å². The minimum atomic E-state index is -0.452. The molecule has 3 N–H and O–H groups in total. The lowest BCUT2D eigenvalue weighted by atomic mass is 9.98. The van der Waals surface area contributed by atoms with Gasteiger partial charge in [0, 0.05) is 19.7 Å². The van der Waals surface area contributed by atoms with E-state index in [2.05, 4.69) is 9.88 Å². The summed E-state index contributed by atoms with van der Waals surface area (Å²) in [5.41, 5.74) is 6.39. The van der Waals surface area contributed by atoms with Crippen LogP contribution < -0.4 is 10.6 Å². The van der Waals surface area contributed by atoms with Gasteiger partial charge in [-0.15, -0.1) is 0 Å². The van der Waals surface area contributed by atoms with E-state index < -0.39 is 5.97 Å². The van der Waals surface area contributed by atoms with Gasteiger partial charge < -0.3 is 20.5 Å². The van der Waals surface area contributed by atoms with Crippen LogP contribution in [0.5, 0.6) is 0 Å². The number of pyridine rings is 1. The lowest BCUT2D eigenvalue weighted by Crippen LogP contribution is -2.35. The molecule has 0 amide bonds. The van der Waals surface area contributed by atoms with Gasteiger partial charge in [-0.3, -0.25) is 0 Å². The molecule has 1 aromatic rings. The normalized spacial score (nSPS) is 16.4. The molecule has 0 saturated carbocycles. The number of nitrogens with zero attached hydrogens (tertiary/aromatic N) is 2. The first-order valence-electron chi connectivity index (χ1n) is 6.35. The number of esters is 1. The van der Waals surface area contributed by atoms with E-state index in [1.54, 1.807) is 6.07 Å². The van der Waals surface area contributed by atoms with Crippen LogP contribution in [-0.4, -0.2) is 42.9 Å². The number of aliphatic hydroxyl groups excluding tert-OH is 1. The zero-order valence-corrected chi connectivity index (χ0v) is 11.0. The molecule has 1 saturated heterocycles. The minimum absolute atomic E-state index is 0.233. The highest BCUT2D eigenvalue weighted by atomic mass is 16.5. The van der Waals surface area contributed by atoms with Crippen molar-refractivity contribution in [1.82, 2.24) is 4.98 Å². The summed E-state index contributed by atoms with van der Waals surface area (Å²) >= 11 is 0. The highest BCUT2D eigenvalue weighted by molar-refractivity contribution is 5.95. The average molecular weight is 265 g/mol. The Morgan fingerprint density at radius 3 is 2.84 bits per heavy atom. The van der Waals surface area contributed by atoms with Gasteiger partial charge in [0.25, 0.3) is 0 Å². The van der Waals surface area contributed by atoms with Crippen molar-refractivity contribution in [2.75, 3.05) is 37.4 Å². The largest absolute Gasteiger partial charge is 0.465 e. The molecule has 0 bridgehead atoms. The fourth-order valence-corrected chi connectivity index (χ4v) is 2.26. The number of nitrogens with two attached hydrogens (primary N) is 1. The summed E-state index contributed by atoms with van der Waals surface area (Å²) < 4.78 is 4.70. The number of carbonyl (C=O) groups is 1. The Morgan fingerprint density at radius 2 is 2.26 bits per heavy atom. The highest BCUT2D eigenvalue weighted by Gasteiger charge is 2.21. The maximum Gasteiger partial charge on any atom is 0.340 e. The van der Waals surface area contributed by atoms with Crippen LogP contribution in [0.4, 0.5) is 11.5 Å².